The predicted molar refractivity (Wildman–Crippen MR) is 122 cm³/mol. The molecule has 2 aromatic heterocycles. The molecule has 0 aliphatic carbocycles. The van der Waals surface area contributed by atoms with Gasteiger partial charge in [-0.3, -0.25) is 4.79 Å². The standard InChI is InChI=1S/C24H26N4OS/c1-16-17(2)30-24-22(16)23(29)25-21(26-24)15-28-12-10-27(11-13-28)14-19-8-5-7-18-6-3-4-9-20(18)19/h3-9H,10-15H2,1-2H3,(H,25,26,29)/p+2. The van der Waals surface area contributed by atoms with E-state index in [0.29, 0.717) is 0 Å². The van der Waals surface area contributed by atoms with Gasteiger partial charge in [-0.1, -0.05) is 42.5 Å². The molecule has 0 radical (unpaired) electrons. The molecule has 0 amide bonds. The fraction of sp³-hybridized carbons (Fsp3) is 0.333. The van der Waals surface area contributed by atoms with E-state index >= 15 is 0 Å². The Hall–Kier alpha value is -2.54. The Morgan fingerprint density at radius 3 is 2.47 bits per heavy atom. The van der Waals surface area contributed by atoms with Crippen molar-refractivity contribution >= 4 is 32.3 Å². The Labute approximate surface area is 180 Å². The largest absolute Gasteiger partial charge is 0.322 e. The number of nitrogens with zero attached hydrogens (tertiary/aromatic N) is 1. The van der Waals surface area contributed by atoms with Crippen LogP contribution in [0.5, 0.6) is 0 Å². The van der Waals surface area contributed by atoms with Crippen molar-refractivity contribution in [2.24, 2.45) is 0 Å². The number of H-pyrrole nitrogens is 1. The first-order valence-corrected chi connectivity index (χ1v) is 11.5. The van der Waals surface area contributed by atoms with Crippen molar-refractivity contribution in [3.63, 3.8) is 0 Å². The van der Waals surface area contributed by atoms with Gasteiger partial charge in [0.2, 0.25) is 0 Å². The van der Waals surface area contributed by atoms with Crippen LogP contribution in [0.1, 0.15) is 21.8 Å². The third-order valence-electron chi connectivity index (χ3n) is 6.49. The predicted octanol–water partition coefficient (Wildman–Crippen LogP) is 1.24. The molecule has 3 heterocycles. The fourth-order valence-corrected chi connectivity index (χ4v) is 5.70. The van der Waals surface area contributed by atoms with Crippen LogP contribution in [-0.4, -0.2) is 36.1 Å². The van der Waals surface area contributed by atoms with E-state index in [-0.39, 0.29) is 5.56 Å². The SMILES string of the molecule is Cc1sc2nc(C[NH+]3CC[NH+](Cc4cccc5ccccc45)CC3)[nH]c(=O)c2c1C. The second-order valence-corrected chi connectivity index (χ2v) is 9.67. The van der Waals surface area contributed by atoms with Crippen LogP contribution in [0.25, 0.3) is 21.0 Å². The van der Waals surface area contributed by atoms with E-state index in [0.717, 1.165) is 60.9 Å². The number of hydrogen-bond acceptors (Lipinski definition) is 3. The maximum atomic E-state index is 12.5. The Morgan fingerprint density at radius 1 is 0.967 bits per heavy atom. The number of rotatable bonds is 4. The Kier molecular flexibility index (Phi) is 5.15. The zero-order valence-electron chi connectivity index (χ0n) is 17.5. The van der Waals surface area contributed by atoms with E-state index in [1.165, 1.54) is 26.1 Å². The van der Waals surface area contributed by atoms with E-state index in [2.05, 4.69) is 54.4 Å². The highest BCUT2D eigenvalue weighted by molar-refractivity contribution is 7.18. The van der Waals surface area contributed by atoms with Crippen molar-refractivity contribution < 1.29 is 9.80 Å². The molecule has 0 saturated carbocycles. The van der Waals surface area contributed by atoms with Gasteiger partial charge < -0.3 is 14.8 Å². The molecule has 3 N–H and O–H groups in total. The Bertz CT molecular complexity index is 1260. The molecule has 1 aliphatic rings. The summed E-state index contributed by atoms with van der Waals surface area (Å²) >= 11 is 1.63. The van der Waals surface area contributed by atoms with Crippen LogP contribution < -0.4 is 15.4 Å². The van der Waals surface area contributed by atoms with E-state index in [1.54, 1.807) is 16.2 Å². The molecule has 0 bridgehead atoms. The van der Waals surface area contributed by atoms with Crippen LogP contribution in [0.2, 0.25) is 0 Å². The number of piperazine rings is 1. The summed E-state index contributed by atoms with van der Waals surface area (Å²) in [5.74, 6) is 0.821. The molecule has 1 fully saturated rings. The molecule has 4 aromatic rings. The molecule has 6 heteroatoms. The van der Waals surface area contributed by atoms with Gasteiger partial charge in [0, 0.05) is 10.4 Å². The van der Waals surface area contributed by atoms with Crippen LogP contribution >= 0.6 is 11.3 Å². The van der Waals surface area contributed by atoms with Gasteiger partial charge in [-0.25, -0.2) is 4.98 Å². The van der Waals surface area contributed by atoms with Crippen LogP contribution in [0.15, 0.2) is 47.3 Å². The lowest BCUT2D eigenvalue weighted by Crippen LogP contribution is -3.27. The first-order valence-electron chi connectivity index (χ1n) is 10.7. The zero-order valence-corrected chi connectivity index (χ0v) is 18.4. The van der Waals surface area contributed by atoms with E-state index in [9.17, 15) is 4.79 Å². The first-order chi connectivity index (χ1) is 14.6. The van der Waals surface area contributed by atoms with Crippen molar-refractivity contribution in [2.45, 2.75) is 26.9 Å². The first kappa shape index (κ1) is 19.4. The fourth-order valence-electron chi connectivity index (χ4n) is 4.65. The normalized spacial score (nSPS) is 19.5. The van der Waals surface area contributed by atoms with Gasteiger partial charge in [0.1, 0.15) is 44.1 Å². The third kappa shape index (κ3) is 3.67. The third-order valence-corrected chi connectivity index (χ3v) is 7.59. The molecule has 0 atom stereocenters. The molecule has 30 heavy (non-hydrogen) atoms. The summed E-state index contributed by atoms with van der Waals surface area (Å²) < 4.78 is 0. The molecule has 1 saturated heterocycles. The number of fused-ring (bicyclic) bond motifs is 2. The smallest absolute Gasteiger partial charge is 0.260 e. The molecular weight excluding hydrogens is 392 g/mol. The summed E-state index contributed by atoms with van der Waals surface area (Å²) in [5, 5.41) is 3.46. The van der Waals surface area contributed by atoms with Crippen molar-refractivity contribution in [2.75, 3.05) is 26.2 Å². The summed E-state index contributed by atoms with van der Waals surface area (Å²) in [5.41, 5.74) is 2.51. The molecule has 0 spiro atoms. The van der Waals surface area contributed by atoms with Crippen molar-refractivity contribution in [1.82, 2.24) is 9.97 Å². The van der Waals surface area contributed by atoms with E-state index in [1.807, 2.05) is 6.92 Å². The maximum Gasteiger partial charge on any atom is 0.260 e. The quantitative estimate of drug-likeness (QED) is 0.465. The molecule has 1 aliphatic heterocycles. The minimum absolute atomic E-state index is 0.0106. The molecule has 0 unspecified atom stereocenters. The van der Waals surface area contributed by atoms with Gasteiger partial charge in [-0.05, 0) is 30.2 Å². The number of quaternary nitrogens is 2. The number of hydrogen-bond donors (Lipinski definition) is 3. The maximum absolute atomic E-state index is 12.5. The van der Waals surface area contributed by atoms with Crippen molar-refractivity contribution in [3.05, 3.63) is 74.6 Å². The number of aromatic nitrogens is 2. The Balaban J connectivity index is 1.25. The monoisotopic (exact) mass is 420 g/mol. The summed E-state index contributed by atoms with van der Waals surface area (Å²) in [6, 6.07) is 15.3. The van der Waals surface area contributed by atoms with Crippen LogP contribution in [0.4, 0.5) is 0 Å². The lowest BCUT2D eigenvalue weighted by atomic mass is 10.0. The lowest BCUT2D eigenvalue weighted by Gasteiger charge is -2.29. The highest BCUT2D eigenvalue weighted by Gasteiger charge is 2.24. The average Bonchev–Trinajstić information content (AvgIpc) is 3.03. The second kappa shape index (κ2) is 7.95. The van der Waals surface area contributed by atoms with Crippen LogP contribution in [0, 0.1) is 13.8 Å². The minimum Gasteiger partial charge on any atom is -0.322 e. The van der Waals surface area contributed by atoms with Gasteiger partial charge in [-0.15, -0.1) is 11.3 Å². The van der Waals surface area contributed by atoms with Gasteiger partial charge >= 0.3 is 0 Å². The molecule has 5 nitrogen and oxygen atoms in total. The molecular formula is C24H28N4OS+2. The summed E-state index contributed by atoms with van der Waals surface area (Å²) in [4.78, 5) is 25.5. The van der Waals surface area contributed by atoms with Crippen molar-refractivity contribution in [1.29, 1.82) is 0 Å². The van der Waals surface area contributed by atoms with Gasteiger partial charge in [0.25, 0.3) is 5.56 Å². The number of nitrogens with one attached hydrogen (secondary N) is 3. The van der Waals surface area contributed by atoms with Crippen LogP contribution in [-0.2, 0) is 13.1 Å². The highest BCUT2D eigenvalue weighted by atomic mass is 32.1. The second-order valence-electron chi connectivity index (χ2n) is 8.47. The number of thiophene rings is 1. The summed E-state index contributed by atoms with van der Waals surface area (Å²) in [6.45, 7) is 10.4. The van der Waals surface area contributed by atoms with E-state index < -0.39 is 0 Å². The van der Waals surface area contributed by atoms with E-state index in [4.69, 9.17) is 4.98 Å². The van der Waals surface area contributed by atoms with Crippen molar-refractivity contribution in [3.8, 4) is 0 Å². The average molecular weight is 421 g/mol. The zero-order chi connectivity index (χ0) is 20.7. The number of benzene rings is 2. The van der Waals surface area contributed by atoms with Gasteiger partial charge in [-0.2, -0.15) is 0 Å². The molecule has 5 rings (SSSR count). The topological polar surface area (TPSA) is 54.6 Å². The van der Waals surface area contributed by atoms with Crippen LogP contribution in [0.3, 0.4) is 0 Å². The molecule has 2 aromatic carbocycles. The summed E-state index contributed by atoms with van der Waals surface area (Å²) in [7, 11) is 0. The molecule has 154 valence electrons. The summed E-state index contributed by atoms with van der Waals surface area (Å²) in [6.07, 6.45) is 0. The lowest BCUT2D eigenvalue weighted by molar-refractivity contribution is -1.02. The number of aromatic amines is 1. The highest BCUT2D eigenvalue weighted by Crippen LogP contribution is 2.25. The minimum atomic E-state index is 0.0106. The number of aryl methyl sites for hydroxylation is 2. The Morgan fingerprint density at radius 2 is 1.67 bits per heavy atom. The van der Waals surface area contributed by atoms with Gasteiger partial charge in [0.05, 0.1) is 5.39 Å². The van der Waals surface area contributed by atoms with Gasteiger partial charge in [0.15, 0.2) is 5.82 Å².